The van der Waals surface area contributed by atoms with Crippen molar-refractivity contribution < 1.29 is 14.3 Å². The smallest absolute Gasteiger partial charge is 0.407 e. The van der Waals surface area contributed by atoms with Crippen molar-refractivity contribution in [1.29, 1.82) is 0 Å². The quantitative estimate of drug-likeness (QED) is 0.528. The number of benzene rings is 2. The lowest BCUT2D eigenvalue weighted by Crippen LogP contribution is -2.44. The molecule has 2 rings (SSSR count). The van der Waals surface area contributed by atoms with Crippen molar-refractivity contribution in [3.05, 3.63) is 65.7 Å². The summed E-state index contributed by atoms with van der Waals surface area (Å²) in [4.78, 5) is 12.2. The number of hydrogen-bond donors (Lipinski definition) is 3. The second-order valence-electron chi connectivity index (χ2n) is 6.18. The van der Waals surface area contributed by atoms with E-state index in [1.165, 1.54) is 0 Å². The molecule has 0 fully saturated rings. The van der Waals surface area contributed by atoms with Gasteiger partial charge in [-0.1, -0.05) is 42.5 Å². The Kier molecular flexibility index (Phi) is 9.17. The van der Waals surface area contributed by atoms with Gasteiger partial charge in [-0.05, 0) is 36.6 Å². The van der Waals surface area contributed by atoms with Gasteiger partial charge in [-0.2, -0.15) is 0 Å². The van der Waals surface area contributed by atoms with Gasteiger partial charge in [0.15, 0.2) is 0 Å². The molecule has 6 heteroatoms. The Bertz CT molecular complexity index is 662. The average molecular weight is 371 g/mol. The summed E-state index contributed by atoms with van der Waals surface area (Å²) >= 11 is 0. The van der Waals surface area contributed by atoms with Crippen LogP contribution in [-0.2, 0) is 17.8 Å². The summed E-state index contributed by atoms with van der Waals surface area (Å²) in [5.41, 5.74) is 7.61. The van der Waals surface area contributed by atoms with Crippen molar-refractivity contribution >= 4 is 6.09 Å². The van der Waals surface area contributed by atoms with Gasteiger partial charge in [-0.3, -0.25) is 0 Å². The van der Waals surface area contributed by atoms with E-state index < -0.39 is 6.09 Å². The van der Waals surface area contributed by atoms with Crippen LogP contribution < -0.4 is 21.1 Å². The predicted molar refractivity (Wildman–Crippen MR) is 107 cm³/mol. The van der Waals surface area contributed by atoms with Gasteiger partial charge in [-0.25, -0.2) is 4.79 Å². The number of alkyl carbamates (subject to hydrolysis) is 1. The first-order valence-corrected chi connectivity index (χ1v) is 9.31. The monoisotopic (exact) mass is 371 g/mol. The normalized spacial score (nSPS) is 11.6. The average Bonchev–Trinajstić information content (AvgIpc) is 2.69. The topological polar surface area (TPSA) is 85.6 Å². The highest BCUT2D eigenvalue weighted by Crippen LogP contribution is 2.13. The molecular weight excluding hydrogens is 342 g/mol. The molecule has 0 aliphatic rings. The largest absolute Gasteiger partial charge is 0.494 e. The van der Waals surface area contributed by atoms with Gasteiger partial charge >= 0.3 is 6.09 Å². The number of rotatable bonds is 11. The number of carbonyl (C=O) groups is 1. The number of hydrogen-bond acceptors (Lipinski definition) is 5. The third-order valence-corrected chi connectivity index (χ3v) is 3.96. The molecule has 0 aliphatic carbocycles. The van der Waals surface area contributed by atoms with E-state index in [0.29, 0.717) is 32.7 Å². The molecule has 146 valence electrons. The molecule has 0 radical (unpaired) electrons. The first-order valence-electron chi connectivity index (χ1n) is 9.31. The van der Waals surface area contributed by atoms with Crippen LogP contribution in [-0.4, -0.2) is 38.4 Å². The summed E-state index contributed by atoms with van der Waals surface area (Å²) < 4.78 is 10.8. The van der Waals surface area contributed by atoms with Crippen LogP contribution in [0.15, 0.2) is 54.6 Å². The molecule has 2 aromatic rings. The number of amides is 1. The molecule has 1 amide bonds. The van der Waals surface area contributed by atoms with Crippen molar-refractivity contribution in [2.75, 3.05) is 26.2 Å². The maximum absolute atomic E-state index is 12.2. The summed E-state index contributed by atoms with van der Waals surface area (Å²) in [6.45, 7) is 4.70. The first kappa shape index (κ1) is 20.7. The molecule has 1 atom stereocenters. The molecule has 1 unspecified atom stereocenters. The van der Waals surface area contributed by atoms with Crippen molar-refractivity contribution in [3.63, 3.8) is 0 Å². The SMILES string of the molecule is CCOc1ccc(CC(CNCCN)NC(=O)OCc2ccccc2)cc1. The Balaban J connectivity index is 1.88. The number of nitrogens with one attached hydrogen (secondary N) is 2. The second kappa shape index (κ2) is 11.9. The summed E-state index contributed by atoms with van der Waals surface area (Å²) in [6, 6.07) is 17.4. The minimum Gasteiger partial charge on any atom is -0.494 e. The predicted octanol–water partition coefficient (Wildman–Crippen LogP) is 2.47. The molecule has 2 aromatic carbocycles. The highest BCUT2D eigenvalue weighted by atomic mass is 16.5. The fourth-order valence-corrected chi connectivity index (χ4v) is 2.66. The van der Waals surface area contributed by atoms with E-state index in [2.05, 4.69) is 10.6 Å². The van der Waals surface area contributed by atoms with E-state index in [0.717, 1.165) is 16.9 Å². The van der Waals surface area contributed by atoms with Gasteiger partial charge < -0.3 is 25.8 Å². The van der Waals surface area contributed by atoms with Crippen molar-refractivity contribution in [2.45, 2.75) is 26.0 Å². The third-order valence-electron chi connectivity index (χ3n) is 3.96. The van der Waals surface area contributed by atoms with E-state index >= 15 is 0 Å². The van der Waals surface area contributed by atoms with Crippen LogP contribution in [0.4, 0.5) is 4.79 Å². The van der Waals surface area contributed by atoms with Gasteiger partial charge in [-0.15, -0.1) is 0 Å². The third kappa shape index (κ3) is 8.11. The standard InChI is InChI=1S/C21H29N3O3/c1-2-26-20-10-8-17(9-11-20)14-19(15-23-13-12-22)24-21(25)27-16-18-6-4-3-5-7-18/h3-11,19,23H,2,12-16,22H2,1H3,(H,24,25). The van der Waals surface area contributed by atoms with Gasteiger partial charge in [0, 0.05) is 25.7 Å². The fraction of sp³-hybridized carbons (Fsp3) is 0.381. The molecule has 0 aromatic heterocycles. The van der Waals surface area contributed by atoms with Crippen LogP contribution in [0.25, 0.3) is 0 Å². The van der Waals surface area contributed by atoms with Crippen LogP contribution in [0.3, 0.4) is 0 Å². The zero-order valence-corrected chi connectivity index (χ0v) is 15.8. The Morgan fingerprint density at radius 3 is 2.48 bits per heavy atom. The van der Waals surface area contributed by atoms with Gasteiger partial charge in [0.1, 0.15) is 12.4 Å². The second-order valence-corrected chi connectivity index (χ2v) is 6.18. The Labute approximate surface area is 161 Å². The molecule has 6 nitrogen and oxygen atoms in total. The number of ether oxygens (including phenoxy) is 2. The number of carbonyl (C=O) groups excluding carboxylic acids is 1. The van der Waals surface area contributed by atoms with Crippen LogP contribution in [0.1, 0.15) is 18.1 Å². The minimum atomic E-state index is -0.427. The summed E-state index contributed by atoms with van der Waals surface area (Å²) in [5.74, 6) is 0.842. The molecule has 27 heavy (non-hydrogen) atoms. The molecule has 0 aliphatic heterocycles. The highest BCUT2D eigenvalue weighted by Gasteiger charge is 2.14. The Morgan fingerprint density at radius 1 is 1.07 bits per heavy atom. The molecule has 0 saturated heterocycles. The van der Waals surface area contributed by atoms with E-state index in [9.17, 15) is 4.79 Å². The Hall–Kier alpha value is -2.57. The van der Waals surface area contributed by atoms with Gasteiger partial charge in [0.2, 0.25) is 0 Å². The van der Waals surface area contributed by atoms with E-state index in [1.54, 1.807) is 0 Å². The van der Waals surface area contributed by atoms with Crippen LogP contribution in [0.5, 0.6) is 5.75 Å². The fourth-order valence-electron chi connectivity index (χ4n) is 2.66. The van der Waals surface area contributed by atoms with Crippen molar-refractivity contribution in [3.8, 4) is 5.75 Å². The molecule has 0 heterocycles. The number of nitrogens with two attached hydrogens (primary N) is 1. The van der Waals surface area contributed by atoms with E-state index in [1.807, 2.05) is 61.5 Å². The van der Waals surface area contributed by atoms with Crippen LogP contribution in [0.2, 0.25) is 0 Å². The van der Waals surface area contributed by atoms with E-state index in [4.69, 9.17) is 15.2 Å². The molecule has 0 spiro atoms. The van der Waals surface area contributed by atoms with Crippen molar-refractivity contribution in [2.24, 2.45) is 5.73 Å². The zero-order valence-electron chi connectivity index (χ0n) is 15.8. The molecule has 0 bridgehead atoms. The summed E-state index contributed by atoms with van der Waals surface area (Å²) in [5, 5.41) is 6.18. The lowest BCUT2D eigenvalue weighted by atomic mass is 10.1. The highest BCUT2D eigenvalue weighted by molar-refractivity contribution is 5.67. The Morgan fingerprint density at radius 2 is 1.81 bits per heavy atom. The van der Waals surface area contributed by atoms with Crippen LogP contribution in [0, 0.1) is 0 Å². The minimum absolute atomic E-state index is 0.0993. The zero-order chi connectivity index (χ0) is 19.3. The molecule has 0 saturated carbocycles. The maximum atomic E-state index is 12.2. The van der Waals surface area contributed by atoms with E-state index in [-0.39, 0.29) is 12.6 Å². The van der Waals surface area contributed by atoms with Gasteiger partial charge in [0.25, 0.3) is 0 Å². The molecule has 4 N–H and O–H groups in total. The lowest BCUT2D eigenvalue weighted by Gasteiger charge is -2.19. The van der Waals surface area contributed by atoms with Crippen LogP contribution >= 0.6 is 0 Å². The lowest BCUT2D eigenvalue weighted by molar-refractivity contribution is 0.135. The van der Waals surface area contributed by atoms with Crippen molar-refractivity contribution in [1.82, 2.24) is 10.6 Å². The summed E-state index contributed by atoms with van der Waals surface area (Å²) in [6.07, 6.45) is 0.258. The van der Waals surface area contributed by atoms with Gasteiger partial charge in [0.05, 0.1) is 6.61 Å². The maximum Gasteiger partial charge on any atom is 0.407 e. The summed E-state index contributed by atoms with van der Waals surface area (Å²) in [7, 11) is 0. The first-order chi connectivity index (χ1) is 13.2. The molecular formula is C21H29N3O3.